The summed E-state index contributed by atoms with van der Waals surface area (Å²) < 4.78 is 13.2. The number of carboxylic acid groups (broad SMARTS) is 2. The highest BCUT2D eigenvalue weighted by Gasteiger charge is 2.32. The maximum absolute atomic E-state index is 13.2. The summed E-state index contributed by atoms with van der Waals surface area (Å²) in [4.78, 5) is 43.2. The molecule has 0 aliphatic carbocycles. The van der Waals surface area contributed by atoms with E-state index in [1.807, 2.05) is 0 Å². The molecule has 0 heterocycles. The van der Waals surface area contributed by atoms with Crippen molar-refractivity contribution in [3.05, 3.63) is 73.6 Å². The van der Waals surface area contributed by atoms with E-state index in [1.165, 1.54) is 18.2 Å². The lowest BCUT2D eigenvalue weighted by atomic mass is 10.1. The van der Waals surface area contributed by atoms with Crippen molar-refractivity contribution in [3.63, 3.8) is 0 Å². The van der Waals surface area contributed by atoms with E-state index in [9.17, 15) is 39.3 Å². The first-order valence-corrected chi connectivity index (χ1v) is 9.27. The van der Waals surface area contributed by atoms with E-state index < -0.39 is 56.3 Å². The molecule has 13 heteroatoms. The highest BCUT2D eigenvalue weighted by molar-refractivity contribution is 7.98. The van der Waals surface area contributed by atoms with E-state index in [1.54, 1.807) is 6.07 Å². The Hall–Kier alpha value is -3.74. The Balaban J connectivity index is 2.31. The predicted molar refractivity (Wildman–Crippen MR) is 104 cm³/mol. The van der Waals surface area contributed by atoms with Crippen LogP contribution in [0.2, 0.25) is 0 Å². The molecule has 0 spiro atoms. The van der Waals surface area contributed by atoms with Gasteiger partial charge in [-0.15, -0.1) is 0 Å². The summed E-state index contributed by atoms with van der Waals surface area (Å²) in [5, 5.41) is 43.3. The lowest BCUT2D eigenvalue weighted by Crippen LogP contribution is -2.32. The molecule has 2 rings (SSSR count). The van der Waals surface area contributed by atoms with E-state index in [0.717, 1.165) is 11.8 Å². The number of thioether (sulfide) groups is 1. The van der Waals surface area contributed by atoms with Gasteiger partial charge in [0.15, 0.2) is 5.69 Å². The molecule has 0 radical (unpaired) electrons. The van der Waals surface area contributed by atoms with E-state index >= 15 is 0 Å². The number of hydrogen-bond acceptors (Lipinski definition) is 8. The molecule has 2 aromatic carbocycles. The molecule has 0 amide bonds. The Bertz CT molecular complexity index is 981. The van der Waals surface area contributed by atoms with Gasteiger partial charge in [-0.05, 0) is 17.7 Å². The van der Waals surface area contributed by atoms with Crippen molar-refractivity contribution in [1.29, 1.82) is 0 Å². The highest BCUT2D eigenvalue weighted by Crippen LogP contribution is 2.36. The van der Waals surface area contributed by atoms with Crippen LogP contribution in [0.5, 0.6) is 0 Å². The second kappa shape index (κ2) is 9.65. The second-order valence-corrected chi connectivity index (χ2v) is 6.92. The van der Waals surface area contributed by atoms with Crippen molar-refractivity contribution in [2.24, 2.45) is 0 Å². The predicted octanol–water partition coefficient (Wildman–Crippen LogP) is 3.14. The average Bonchev–Trinajstić information content (AvgIpc) is 2.66. The number of halogens is 1. The van der Waals surface area contributed by atoms with Crippen molar-refractivity contribution in [2.45, 2.75) is 11.8 Å². The molecule has 0 fully saturated rings. The summed E-state index contributed by atoms with van der Waals surface area (Å²) in [5.74, 6) is -3.46. The van der Waals surface area contributed by atoms with Gasteiger partial charge >= 0.3 is 11.9 Å². The zero-order valence-corrected chi connectivity index (χ0v) is 15.8. The standard InChI is InChI=1S/C17H14FN3O8S/c18-11-3-1-2-9(4-11)7-30-8-12(17(24)25)19-15-13(20(26)27)5-10(16(22)23)6-14(15)21(28)29/h1-6,12,19H,7-8H2,(H,22,23)(H,24,25)/t12-/m0/s1. The lowest BCUT2D eigenvalue weighted by Gasteiger charge is -2.16. The summed E-state index contributed by atoms with van der Waals surface area (Å²) >= 11 is 1.06. The Labute approximate surface area is 171 Å². The third-order valence-electron chi connectivity index (χ3n) is 3.80. The van der Waals surface area contributed by atoms with E-state index in [2.05, 4.69) is 5.32 Å². The topological polar surface area (TPSA) is 173 Å². The van der Waals surface area contributed by atoms with Crippen LogP contribution in [0.15, 0.2) is 36.4 Å². The largest absolute Gasteiger partial charge is 0.480 e. The third kappa shape index (κ3) is 5.64. The van der Waals surface area contributed by atoms with Gasteiger partial charge in [0.1, 0.15) is 11.9 Å². The lowest BCUT2D eigenvalue weighted by molar-refractivity contribution is -0.392. The first-order valence-electron chi connectivity index (χ1n) is 8.11. The summed E-state index contributed by atoms with van der Waals surface area (Å²) in [6.07, 6.45) is 0. The van der Waals surface area contributed by atoms with Gasteiger partial charge in [-0.3, -0.25) is 20.2 Å². The normalized spacial score (nSPS) is 11.5. The minimum atomic E-state index is -1.62. The van der Waals surface area contributed by atoms with Crippen molar-refractivity contribution >= 4 is 40.8 Å². The van der Waals surface area contributed by atoms with Crippen LogP contribution in [-0.4, -0.2) is 43.8 Å². The molecule has 0 saturated carbocycles. The van der Waals surface area contributed by atoms with Crippen LogP contribution in [-0.2, 0) is 10.5 Å². The fourth-order valence-corrected chi connectivity index (χ4v) is 3.44. The van der Waals surface area contributed by atoms with Crippen LogP contribution >= 0.6 is 11.8 Å². The zero-order valence-electron chi connectivity index (χ0n) is 15.0. The number of aliphatic carboxylic acids is 1. The van der Waals surface area contributed by atoms with Crippen molar-refractivity contribution in [1.82, 2.24) is 0 Å². The molecule has 3 N–H and O–H groups in total. The summed E-state index contributed by atoms with van der Waals surface area (Å²) in [6, 6.07) is 5.35. The Kier molecular flexibility index (Phi) is 7.25. The maximum atomic E-state index is 13.2. The average molecular weight is 439 g/mol. The molecular formula is C17H14FN3O8S. The van der Waals surface area contributed by atoms with Gasteiger partial charge in [0.2, 0.25) is 0 Å². The summed E-state index contributed by atoms with van der Waals surface area (Å²) in [7, 11) is 0. The van der Waals surface area contributed by atoms with Crippen molar-refractivity contribution < 1.29 is 34.0 Å². The number of benzene rings is 2. The number of rotatable bonds is 10. The number of nitrogens with one attached hydrogen (secondary N) is 1. The fourth-order valence-electron chi connectivity index (χ4n) is 2.44. The van der Waals surface area contributed by atoms with E-state index in [-0.39, 0.29) is 11.5 Å². The number of nitro benzene ring substituents is 2. The van der Waals surface area contributed by atoms with E-state index in [4.69, 9.17) is 5.11 Å². The number of nitrogens with zero attached hydrogens (tertiary/aromatic N) is 2. The first kappa shape index (κ1) is 22.5. The number of hydrogen-bond donors (Lipinski definition) is 3. The molecule has 2 aromatic rings. The van der Waals surface area contributed by atoms with Gasteiger partial charge < -0.3 is 15.5 Å². The van der Waals surface area contributed by atoms with Gasteiger partial charge in [0, 0.05) is 23.6 Å². The third-order valence-corrected chi connectivity index (χ3v) is 4.90. The molecule has 158 valence electrons. The van der Waals surface area contributed by atoms with Crippen molar-refractivity contribution in [2.75, 3.05) is 11.1 Å². The highest BCUT2D eigenvalue weighted by atomic mass is 32.2. The van der Waals surface area contributed by atoms with Crippen LogP contribution in [0.4, 0.5) is 21.5 Å². The summed E-state index contributed by atoms with van der Waals surface area (Å²) in [5.41, 5.74) is -2.71. The number of carbonyl (C=O) groups is 2. The fraction of sp³-hybridized carbons (Fsp3) is 0.176. The molecule has 0 saturated heterocycles. The van der Waals surface area contributed by atoms with Gasteiger partial charge in [-0.2, -0.15) is 11.8 Å². The molecule has 11 nitrogen and oxygen atoms in total. The zero-order chi connectivity index (χ0) is 22.4. The molecule has 1 atom stereocenters. The molecule has 0 bridgehead atoms. The second-order valence-electron chi connectivity index (χ2n) is 5.89. The van der Waals surface area contributed by atoms with Crippen LogP contribution < -0.4 is 5.32 Å². The van der Waals surface area contributed by atoms with Gasteiger partial charge in [-0.25, -0.2) is 14.0 Å². The molecular weight excluding hydrogens is 425 g/mol. The molecule has 0 aliphatic rings. The minimum Gasteiger partial charge on any atom is -0.480 e. The number of nitro groups is 2. The minimum absolute atomic E-state index is 0.166. The monoisotopic (exact) mass is 439 g/mol. The Morgan fingerprint density at radius 1 is 1.10 bits per heavy atom. The SMILES string of the molecule is O=C(O)c1cc([N+](=O)[O-])c(N[C@@H](CSCc2cccc(F)c2)C(=O)O)c([N+](=O)[O-])c1. The van der Waals surface area contributed by atoms with Gasteiger partial charge in [-0.1, -0.05) is 12.1 Å². The van der Waals surface area contributed by atoms with Crippen LogP contribution in [0, 0.1) is 26.0 Å². The Morgan fingerprint density at radius 3 is 2.17 bits per heavy atom. The number of anilines is 1. The van der Waals surface area contributed by atoms with Crippen LogP contribution in [0.3, 0.4) is 0 Å². The van der Waals surface area contributed by atoms with Crippen LogP contribution in [0.25, 0.3) is 0 Å². The van der Waals surface area contributed by atoms with Crippen molar-refractivity contribution in [3.8, 4) is 0 Å². The molecule has 0 aromatic heterocycles. The first-order chi connectivity index (χ1) is 14.1. The smallest absolute Gasteiger partial charge is 0.336 e. The summed E-state index contributed by atoms with van der Waals surface area (Å²) in [6.45, 7) is 0. The quantitative estimate of drug-likeness (QED) is 0.368. The number of aromatic carboxylic acids is 1. The number of carboxylic acids is 2. The van der Waals surface area contributed by atoms with Gasteiger partial charge in [0.25, 0.3) is 11.4 Å². The molecule has 30 heavy (non-hydrogen) atoms. The molecule has 0 aliphatic heterocycles. The molecule has 0 unspecified atom stereocenters. The van der Waals surface area contributed by atoms with Crippen LogP contribution in [0.1, 0.15) is 15.9 Å². The maximum Gasteiger partial charge on any atom is 0.336 e. The Morgan fingerprint density at radius 2 is 1.70 bits per heavy atom. The van der Waals surface area contributed by atoms with E-state index in [0.29, 0.717) is 17.7 Å². The van der Waals surface area contributed by atoms with Gasteiger partial charge in [0.05, 0.1) is 15.4 Å².